The predicted molar refractivity (Wildman–Crippen MR) is 74.7 cm³/mol. The molecule has 0 bridgehead atoms. The molecule has 1 aliphatic heterocycles. The fourth-order valence-electron chi connectivity index (χ4n) is 1.96. The molecule has 0 aliphatic carbocycles. The van der Waals surface area contributed by atoms with Crippen LogP contribution in [0, 0.1) is 5.82 Å². The Hall–Kier alpha value is -0.650. The van der Waals surface area contributed by atoms with E-state index in [9.17, 15) is 9.18 Å². The molecule has 6 heteroatoms. The maximum atomic E-state index is 13.7. The smallest absolute Gasteiger partial charge is 0.257 e. The average molecular weight is 338 g/mol. The van der Waals surface area contributed by atoms with E-state index in [0.717, 1.165) is 13.1 Å². The van der Waals surface area contributed by atoms with Gasteiger partial charge in [-0.3, -0.25) is 4.79 Å². The minimum absolute atomic E-state index is 0. The van der Waals surface area contributed by atoms with Crippen LogP contribution in [-0.4, -0.2) is 36.5 Å². The van der Waals surface area contributed by atoms with Crippen LogP contribution in [0.5, 0.6) is 0 Å². The third kappa shape index (κ3) is 3.22. The monoisotopic (exact) mass is 336 g/mol. The van der Waals surface area contributed by atoms with Gasteiger partial charge in [-0.1, -0.05) is 15.9 Å². The second-order valence-corrected chi connectivity index (χ2v) is 5.09. The summed E-state index contributed by atoms with van der Waals surface area (Å²) in [6.45, 7) is 4.09. The van der Waals surface area contributed by atoms with Crippen LogP contribution >= 0.6 is 28.3 Å². The number of hydrogen-bond acceptors (Lipinski definition) is 2. The first-order valence-electron chi connectivity index (χ1n) is 5.56. The second kappa shape index (κ2) is 6.50. The lowest BCUT2D eigenvalue weighted by molar-refractivity contribution is 0.0651. The van der Waals surface area contributed by atoms with E-state index in [0.29, 0.717) is 11.0 Å². The Morgan fingerprint density at radius 3 is 2.89 bits per heavy atom. The summed E-state index contributed by atoms with van der Waals surface area (Å²) in [5, 5.41) is 3.20. The third-order valence-corrected chi connectivity index (χ3v) is 3.42. The molecule has 1 heterocycles. The van der Waals surface area contributed by atoms with E-state index >= 15 is 0 Å². The first kappa shape index (κ1) is 15.4. The molecule has 0 saturated carbocycles. The van der Waals surface area contributed by atoms with Crippen LogP contribution in [0.1, 0.15) is 17.3 Å². The molecule has 18 heavy (non-hydrogen) atoms. The number of nitrogens with one attached hydrogen (secondary N) is 1. The summed E-state index contributed by atoms with van der Waals surface area (Å²) in [7, 11) is 0. The zero-order valence-electron chi connectivity index (χ0n) is 9.95. The van der Waals surface area contributed by atoms with Gasteiger partial charge in [0.15, 0.2) is 0 Å². The van der Waals surface area contributed by atoms with Crippen molar-refractivity contribution in [2.24, 2.45) is 0 Å². The number of hydrogen-bond donors (Lipinski definition) is 1. The van der Waals surface area contributed by atoms with Gasteiger partial charge in [-0.2, -0.15) is 0 Å². The molecular weight excluding hydrogens is 322 g/mol. The van der Waals surface area contributed by atoms with Crippen LogP contribution in [0.25, 0.3) is 0 Å². The number of carbonyl (C=O) groups excluding carboxylic acids is 1. The second-order valence-electron chi connectivity index (χ2n) is 4.18. The Bertz CT molecular complexity index is 444. The number of rotatable bonds is 1. The van der Waals surface area contributed by atoms with Gasteiger partial charge in [0.2, 0.25) is 0 Å². The molecule has 0 unspecified atom stereocenters. The first-order chi connectivity index (χ1) is 8.09. The van der Waals surface area contributed by atoms with Gasteiger partial charge in [-0.25, -0.2) is 4.39 Å². The van der Waals surface area contributed by atoms with E-state index in [1.165, 1.54) is 12.1 Å². The van der Waals surface area contributed by atoms with Crippen LogP contribution in [-0.2, 0) is 0 Å². The van der Waals surface area contributed by atoms with Gasteiger partial charge < -0.3 is 10.2 Å². The standard InChI is InChI=1S/C12H14BrFN2O.ClH/c1-8-7-15-4-5-16(8)12(17)10-3-2-9(13)6-11(10)14;/h2-3,6,8,15H,4-5,7H2,1H3;1H/t8-;/m0./s1. The van der Waals surface area contributed by atoms with Gasteiger partial charge in [-0.05, 0) is 25.1 Å². The summed E-state index contributed by atoms with van der Waals surface area (Å²) in [6.07, 6.45) is 0. The number of benzene rings is 1. The molecular formula is C12H15BrClFN2O. The number of halogens is 3. The average Bonchev–Trinajstić information content (AvgIpc) is 2.29. The Kier molecular flexibility index (Phi) is 5.56. The number of carbonyl (C=O) groups is 1. The lowest BCUT2D eigenvalue weighted by atomic mass is 10.1. The van der Waals surface area contributed by atoms with Gasteiger partial charge in [-0.15, -0.1) is 12.4 Å². The van der Waals surface area contributed by atoms with Gasteiger partial charge >= 0.3 is 0 Å². The van der Waals surface area contributed by atoms with E-state index in [-0.39, 0.29) is 29.9 Å². The van der Waals surface area contributed by atoms with E-state index in [1.807, 2.05) is 6.92 Å². The lowest BCUT2D eigenvalue weighted by Gasteiger charge is -2.34. The summed E-state index contributed by atoms with van der Waals surface area (Å²) in [5.41, 5.74) is 0.141. The molecule has 1 aromatic carbocycles. The molecule has 1 amide bonds. The molecule has 1 fully saturated rings. The fraction of sp³-hybridized carbons (Fsp3) is 0.417. The van der Waals surface area contributed by atoms with Crippen LogP contribution in [0.3, 0.4) is 0 Å². The largest absolute Gasteiger partial charge is 0.333 e. The molecule has 1 N–H and O–H groups in total. The zero-order valence-corrected chi connectivity index (χ0v) is 12.4. The SMILES string of the molecule is C[C@H]1CNCCN1C(=O)c1ccc(Br)cc1F.Cl. The van der Waals surface area contributed by atoms with E-state index in [4.69, 9.17) is 0 Å². The summed E-state index contributed by atoms with van der Waals surface area (Å²) in [6, 6.07) is 4.62. The van der Waals surface area contributed by atoms with Crippen molar-refractivity contribution in [3.05, 3.63) is 34.1 Å². The van der Waals surface area contributed by atoms with Crippen molar-refractivity contribution in [1.82, 2.24) is 10.2 Å². The van der Waals surface area contributed by atoms with E-state index in [1.54, 1.807) is 11.0 Å². The molecule has 2 rings (SSSR count). The zero-order chi connectivity index (χ0) is 12.4. The predicted octanol–water partition coefficient (Wildman–Crippen LogP) is 2.44. The molecule has 100 valence electrons. The quantitative estimate of drug-likeness (QED) is 0.854. The van der Waals surface area contributed by atoms with Crippen LogP contribution in [0.4, 0.5) is 4.39 Å². The molecule has 0 aromatic heterocycles. The highest BCUT2D eigenvalue weighted by Crippen LogP contribution is 2.18. The van der Waals surface area contributed by atoms with Crippen molar-refractivity contribution in [3.8, 4) is 0 Å². The van der Waals surface area contributed by atoms with Crippen LogP contribution in [0.15, 0.2) is 22.7 Å². The number of amides is 1. The number of nitrogens with zero attached hydrogens (tertiary/aromatic N) is 1. The molecule has 1 aliphatic rings. The maximum Gasteiger partial charge on any atom is 0.257 e. The van der Waals surface area contributed by atoms with Crippen molar-refractivity contribution < 1.29 is 9.18 Å². The Morgan fingerprint density at radius 1 is 1.56 bits per heavy atom. The van der Waals surface area contributed by atoms with Gasteiger partial charge in [0.1, 0.15) is 5.82 Å². The van der Waals surface area contributed by atoms with Gasteiger partial charge in [0, 0.05) is 30.1 Å². The normalized spacial score (nSPS) is 19.3. The highest BCUT2D eigenvalue weighted by Gasteiger charge is 2.25. The minimum atomic E-state index is -0.477. The van der Waals surface area contributed by atoms with E-state index in [2.05, 4.69) is 21.2 Å². The minimum Gasteiger partial charge on any atom is -0.333 e. The van der Waals surface area contributed by atoms with Gasteiger partial charge in [0.05, 0.1) is 5.56 Å². The third-order valence-electron chi connectivity index (χ3n) is 2.92. The summed E-state index contributed by atoms with van der Waals surface area (Å²) >= 11 is 3.18. The van der Waals surface area contributed by atoms with Crippen molar-refractivity contribution in [3.63, 3.8) is 0 Å². The molecule has 3 nitrogen and oxygen atoms in total. The molecule has 1 atom stereocenters. The van der Waals surface area contributed by atoms with Crippen molar-refractivity contribution >= 4 is 34.2 Å². The van der Waals surface area contributed by atoms with Crippen molar-refractivity contribution in [2.45, 2.75) is 13.0 Å². The maximum absolute atomic E-state index is 13.7. The summed E-state index contributed by atoms with van der Waals surface area (Å²) in [4.78, 5) is 13.9. The molecule has 1 aromatic rings. The molecule has 0 spiro atoms. The fourth-order valence-corrected chi connectivity index (χ4v) is 2.29. The highest BCUT2D eigenvalue weighted by atomic mass is 79.9. The lowest BCUT2D eigenvalue weighted by Crippen LogP contribution is -2.52. The Labute approximate surface area is 120 Å². The van der Waals surface area contributed by atoms with Crippen LogP contribution in [0.2, 0.25) is 0 Å². The van der Waals surface area contributed by atoms with Crippen molar-refractivity contribution in [1.29, 1.82) is 0 Å². The summed E-state index contributed by atoms with van der Waals surface area (Å²) < 4.78 is 14.3. The van der Waals surface area contributed by atoms with Crippen LogP contribution < -0.4 is 5.32 Å². The number of piperazine rings is 1. The first-order valence-corrected chi connectivity index (χ1v) is 6.35. The Morgan fingerprint density at radius 2 is 2.28 bits per heavy atom. The van der Waals surface area contributed by atoms with Crippen molar-refractivity contribution in [2.75, 3.05) is 19.6 Å². The summed E-state index contributed by atoms with van der Waals surface area (Å²) in [5.74, 6) is -0.709. The Balaban J connectivity index is 0.00000162. The topological polar surface area (TPSA) is 32.3 Å². The molecule has 0 radical (unpaired) electrons. The van der Waals surface area contributed by atoms with E-state index < -0.39 is 5.82 Å². The highest BCUT2D eigenvalue weighted by molar-refractivity contribution is 9.10. The van der Waals surface area contributed by atoms with Gasteiger partial charge in [0.25, 0.3) is 5.91 Å². The molecule has 1 saturated heterocycles.